The minimum atomic E-state index is 0.735. The fourth-order valence-corrected chi connectivity index (χ4v) is 4.67. The van der Waals surface area contributed by atoms with Gasteiger partial charge in [0.05, 0.1) is 0 Å². The van der Waals surface area contributed by atoms with Crippen molar-refractivity contribution < 1.29 is 0 Å². The Morgan fingerprint density at radius 2 is 2.21 bits per heavy atom. The molecule has 2 atom stereocenters. The number of benzene rings is 1. The van der Waals surface area contributed by atoms with E-state index in [1.54, 1.807) is 5.56 Å². The normalized spacial score (nSPS) is 27.4. The van der Waals surface area contributed by atoms with Crippen LogP contribution in [0.5, 0.6) is 0 Å². The van der Waals surface area contributed by atoms with Crippen molar-refractivity contribution in [3.05, 3.63) is 29.8 Å². The number of hydrogen-bond donors (Lipinski definition) is 1. The maximum absolute atomic E-state index is 3.36. The zero-order valence-electron chi connectivity index (χ0n) is 11.8. The molecule has 2 aliphatic rings. The molecule has 0 saturated carbocycles. The summed E-state index contributed by atoms with van der Waals surface area (Å²) in [5.74, 6) is 2.00. The van der Waals surface area contributed by atoms with Crippen molar-refractivity contribution in [2.45, 2.75) is 36.1 Å². The van der Waals surface area contributed by atoms with Crippen LogP contribution in [0.1, 0.15) is 30.7 Å². The van der Waals surface area contributed by atoms with Crippen molar-refractivity contribution in [3.8, 4) is 0 Å². The van der Waals surface area contributed by atoms with Crippen LogP contribution in [0.4, 0.5) is 0 Å². The molecular weight excluding hydrogens is 252 g/mol. The van der Waals surface area contributed by atoms with E-state index in [4.69, 9.17) is 0 Å². The zero-order valence-corrected chi connectivity index (χ0v) is 12.6. The van der Waals surface area contributed by atoms with Crippen molar-refractivity contribution >= 4 is 11.8 Å². The van der Waals surface area contributed by atoms with E-state index in [-0.39, 0.29) is 0 Å². The van der Waals surface area contributed by atoms with Crippen LogP contribution in [-0.4, -0.2) is 43.4 Å². The standard InChI is InChI=1S/C16H24N2S/c1-17-10-14-6-4-5-9-18(14)11-13-12-19-16-8-3-2-7-15(13)16/h2-3,7-8,13-14,17H,4-6,9-12H2,1H3. The van der Waals surface area contributed by atoms with Gasteiger partial charge in [-0.05, 0) is 38.1 Å². The molecular formula is C16H24N2S. The summed E-state index contributed by atoms with van der Waals surface area (Å²) >= 11 is 2.04. The second-order valence-corrected chi connectivity index (χ2v) is 6.81. The Bertz CT molecular complexity index is 419. The van der Waals surface area contributed by atoms with Gasteiger partial charge in [0.2, 0.25) is 0 Å². The molecule has 2 unspecified atom stereocenters. The topological polar surface area (TPSA) is 15.3 Å². The summed E-state index contributed by atoms with van der Waals surface area (Å²) < 4.78 is 0. The lowest BCUT2D eigenvalue weighted by Gasteiger charge is -2.37. The van der Waals surface area contributed by atoms with Crippen LogP contribution in [-0.2, 0) is 0 Å². The summed E-state index contributed by atoms with van der Waals surface area (Å²) in [5, 5.41) is 3.36. The van der Waals surface area contributed by atoms with Crippen LogP contribution >= 0.6 is 11.8 Å². The Kier molecular flexibility index (Phi) is 4.46. The lowest BCUT2D eigenvalue weighted by molar-refractivity contribution is 0.141. The highest BCUT2D eigenvalue weighted by Gasteiger charge is 2.28. The first-order chi connectivity index (χ1) is 9.38. The number of rotatable bonds is 4. The third kappa shape index (κ3) is 2.99. The lowest BCUT2D eigenvalue weighted by Crippen LogP contribution is -2.46. The monoisotopic (exact) mass is 276 g/mol. The van der Waals surface area contributed by atoms with E-state index in [2.05, 4.69) is 41.5 Å². The van der Waals surface area contributed by atoms with Gasteiger partial charge in [0.1, 0.15) is 0 Å². The van der Waals surface area contributed by atoms with Gasteiger partial charge in [0.15, 0.2) is 0 Å². The van der Waals surface area contributed by atoms with Gasteiger partial charge in [0.25, 0.3) is 0 Å². The first-order valence-electron chi connectivity index (χ1n) is 7.49. The number of fused-ring (bicyclic) bond motifs is 1. The zero-order chi connectivity index (χ0) is 13.1. The largest absolute Gasteiger partial charge is 0.318 e. The molecule has 3 rings (SSSR count). The summed E-state index contributed by atoms with van der Waals surface area (Å²) in [6, 6.07) is 9.72. The number of nitrogens with zero attached hydrogens (tertiary/aromatic N) is 1. The predicted molar refractivity (Wildman–Crippen MR) is 83.0 cm³/mol. The van der Waals surface area contributed by atoms with Gasteiger partial charge in [-0.15, -0.1) is 11.8 Å². The van der Waals surface area contributed by atoms with Crippen LogP contribution in [0, 0.1) is 0 Å². The maximum Gasteiger partial charge on any atom is 0.0220 e. The minimum Gasteiger partial charge on any atom is -0.318 e. The van der Waals surface area contributed by atoms with Gasteiger partial charge in [-0.3, -0.25) is 4.90 Å². The second-order valence-electron chi connectivity index (χ2n) is 5.75. The molecule has 1 aromatic rings. The number of nitrogens with one attached hydrogen (secondary N) is 1. The summed E-state index contributed by atoms with van der Waals surface area (Å²) in [7, 11) is 2.08. The van der Waals surface area contributed by atoms with Crippen LogP contribution < -0.4 is 5.32 Å². The maximum atomic E-state index is 3.36. The van der Waals surface area contributed by atoms with Gasteiger partial charge >= 0.3 is 0 Å². The minimum absolute atomic E-state index is 0.735. The number of likely N-dealkylation sites (N-methyl/N-ethyl adjacent to an activating group) is 1. The Labute approximate surface area is 121 Å². The Balaban J connectivity index is 1.67. The number of thioether (sulfide) groups is 1. The first kappa shape index (κ1) is 13.5. The molecule has 2 nitrogen and oxygen atoms in total. The van der Waals surface area contributed by atoms with E-state index in [0.717, 1.165) is 18.5 Å². The van der Waals surface area contributed by atoms with E-state index < -0.39 is 0 Å². The van der Waals surface area contributed by atoms with E-state index in [1.807, 2.05) is 11.8 Å². The molecule has 0 amide bonds. The highest BCUT2D eigenvalue weighted by atomic mass is 32.2. The molecule has 2 aliphatic heterocycles. The van der Waals surface area contributed by atoms with Gasteiger partial charge in [-0.25, -0.2) is 0 Å². The second kappa shape index (κ2) is 6.29. The molecule has 0 aromatic heterocycles. The summed E-state index contributed by atoms with van der Waals surface area (Å²) in [5.41, 5.74) is 1.58. The Hall–Kier alpha value is -0.510. The molecule has 2 heterocycles. The third-order valence-electron chi connectivity index (χ3n) is 4.44. The summed E-state index contributed by atoms with van der Waals surface area (Å²) in [6.45, 7) is 3.67. The smallest absolute Gasteiger partial charge is 0.0220 e. The van der Waals surface area contributed by atoms with Crippen LogP contribution in [0.15, 0.2) is 29.2 Å². The third-order valence-corrected chi connectivity index (χ3v) is 5.69. The van der Waals surface area contributed by atoms with Crippen molar-refractivity contribution in [1.29, 1.82) is 0 Å². The van der Waals surface area contributed by atoms with Crippen LogP contribution in [0.25, 0.3) is 0 Å². The quantitative estimate of drug-likeness (QED) is 0.910. The molecule has 1 N–H and O–H groups in total. The molecule has 19 heavy (non-hydrogen) atoms. The van der Waals surface area contributed by atoms with Gasteiger partial charge in [-0.1, -0.05) is 24.6 Å². The molecule has 3 heteroatoms. The van der Waals surface area contributed by atoms with Gasteiger partial charge in [-0.2, -0.15) is 0 Å². The molecule has 104 valence electrons. The average Bonchev–Trinajstić information content (AvgIpc) is 2.85. The fourth-order valence-electron chi connectivity index (χ4n) is 3.43. The predicted octanol–water partition coefficient (Wildman–Crippen LogP) is 2.95. The molecule has 0 aliphatic carbocycles. The Morgan fingerprint density at radius 3 is 3.11 bits per heavy atom. The van der Waals surface area contributed by atoms with Crippen molar-refractivity contribution in [2.75, 3.05) is 32.4 Å². The molecule has 1 fully saturated rings. The van der Waals surface area contributed by atoms with Crippen LogP contribution in [0.2, 0.25) is 0 Å². The van der Waals surface area contributed by atoms with E-state index in [0.29, 0.717) is 0 Å². The fraction of sp³-hybridized carbons (Fsp3) is 0.625. The average molecular weight is 276 g/mol. The van der Waals surface area contributed by atoms with Gasteiger partial charge in [0, 0.05) is 35.7 Å². The van der Waals surface area contributed by atoms with E-state index in [1.165, 1.54) is 43.0 Å². The molecule has 0 radical (unpaired) electrons. The molecule has 0 bridgehead atoms. The van der Waals surface area contributed by atoms with E-state index in [9.17, 15) is 0 Å². The first-order valence-corrected chi connectivity index (χ1v) is 8.47. The van der Waals surface area contributed by atoms with Gasteiger partial charge < -0.3 is 5.32 Å². The molecule has 0 spiro atoms. The lowest BCUT2D eigenvalue weighted by atomic mass is 9.96. The SMILES string of the molecule is CNCC1CCCCN1CC1CSc2ccccc21. The van der Waals surface area contributed by atoms with E-state index >= 15 is 0 Å². The molecule has 1 aromatic carbocycles. The summed E-state index contributed by atoms with van der Waals surface area (Å²) in [4.78, 5) is 4.24. The number of hydrogen-bond acceptors (Lipinski definition) is 3. The highest BCUT2D eigenvalue weighted by Crippen LogP contribution is 2.40. The Morgan fingerprint density at radius 1 is 1.32 bits per heavy atom. The molecule has 1 saturated heterocycles. The van der Waals surface area contributed by atoms with Crippen LogP contribution in [0.3, 0.4) is 0 Å². The van der Waals surface area contributed by atoms with Crippen molar-refractivity contribution in [1.82, 2.24) is 10.2 Å². The van der Waals surface area contributed by atoms with Crippen molar-refractivity contribution in [2.24, 2.45) is 0 Å². The van der Waals surface area contributed by atoms with Crippen molar-refractivity contribution in [3.63, 3.8) is 0 Å². The highest BCUT2D eigenvalue weighted by molar-refractivity contribution is 7.99. The number of likely N-dealkylation sites (tertiary alicyclic amines) is 1. The summed E-state index contributed by atoms with van der Waals surface area (Å²) in [6.07, 6.45) is 4.14. The number of piperidine rings is 1.